The van der Waals surface area contributed by atoms with Gasteiger partial charge in [-0.3, -0.25) is 10.1 Å². The molecule has 0 aromatic heterocycles. The van der Waals surface area contributed by atoms with Gasteiger partial charge in [-0.25, -0.2) is 4.39 Å². The lowest BCUT2D eigenvalue weighted by molar-refractivity contribution is -0.387. The van der Waals surface area contributed by atoms with E-state index in [1.165, 1.54) is 0 Å². The minimum absolute atomic E-state index is 0.441. The molecule has 1 rings (SSSR count). The summed E-state index contributed by atoms with van der Waals surface area (Å²) in [5, 5.41) is 10.3. The highest BCUT2D eigenvalue weighted by molar-refractivity contribution is 5.51. The summed E-state index contributed by atoms with van der Waals surface area (Å²) in [6.45, 7) is 0. The molecule has 15 heavy (non-hydrogen) atoms. The van der Waals surface area contributed by atoms with Crippen molar-refractivity contribution in [3.63, 3.8) is 0 Å². The van der Waals surface area contributed by atoms with E-state index in [-0.39, 0.29) is 0 Å². The highest BCUT2D eigenvalue weighted by atomic mass is 19.1. The molecule has 0 radical (unpaired) electrons. The molecule has 7 heteroatoms. The summed E-state index contributed by atoms with van der Waals surface area (Å²) in [7, 11) is 2.16. The van der Waals surface area contributed by atoms with Crippen LogP contribution in [0.5, 0.6) is 11.5 Å². The summed E-state index contributed by atoms with van der Waals surface area (Å²) in [6.07, 6.45) is 0. The van der Waals surface area contributed by atoms with Gasteiger partial charge in [-0.2, -0.15) is 4.39 Å². The van der Waals surface area contributed by atoms with E-state index in [1.54, 1.807) is 0 Å². The van der Waals surface area contributed by atoms with E-state index in [4.69, 9.17) is 0 Å². The summed E-state index contributed by atoms with van der Waals surface area (Å²) in [5.41, 5.74) is -0.995. The molecule has 1 aromatic carbocycles. The third-order valence-electron chi connectivity index (χ3n) is 1.72. The van der Waals surface area contributed by atoms with Crippen LogP contribution in [0, 0.1) is 21.7 Å². The summed E-state index contributed by atoms with van der Waals surface area (Å²) in [5.74, 6) is -3.44. The second kappa shape index (κ2) is 4.07. The van der Waals surface area contributed by atoms with Crippen molar-refractivity contribution < 1.29 is 23.2 Å². The van der Waals surface area contributed by atoms with Crippen molar-refractivity contribution in [3.8, 4) is 11.5 Å². The van der Waals surface area contributed by atoms with Crippen LogP contribution in [0.25, 0.3) is 0 Å². The van der Waals surface area contributed by atoms with Crippen molar-refractivity contribution in [2.75, 3.05) is 14.2 Å². The smallest absolute Gasteiger partial charge is 0.311 e. The highest BCUT2D eigenvalue weighted by Gasteiger charge is 2.26. The van der Waals surface area contributed by atoms with Crippen molar-refractivity contribution in [1.82, 2.24) is 0 Å². The maximum Gasteiger partial charge on any atom is 0.311 e. The number of nitrogens with zero attached hydrogens (tertiary/aromatic N) is 1. The molecule has 1 aromatic rings. The van der Waals surface area contributed by atoms with Crippen LogP contribution >= 0.6 is 0 Å². The van der Waals surface area contributed by atoms with Gasteiger partial charge in [0.05, 0.1) is 25.2 Å². The zero-order chi connectivity index (χ0) is 11.6. The molecule has 0 aliphatic heterocycles. The average molecular weight is 219 g/mol. The van der Waals surface area contributed by atoms with Crippen LogP contribution in [0.1, 0.15) is 0 Å². The Kier molecular flexibility index (Phi) is 3.03. The maximum absolute atomic E-state index is 13.3. The van der Waals surface area contributed by atoms with Crippen LogP contribution in [0.15, 0.2) is 6.07 Å². The van der Waals surface area contributed by atoms with E-state index < -0.39 is 33.7 Å². The second-order valence-corrected chi connectivity index (χ2v) is 2.52. The van der Waals surface area contributed by atoms with Gasteiger partial charge < -0.3 is 9.47 Å². The Morgan fingerprint density at radius 3 is 2.20 bits per heavy atom. The van der Waals surface area contributed by atoms with Gasteiger partial charge in [0.15, 0.2) is 11.6 Å². The molecule has 0 amide bonds. The van der Waals surface area contributed by atoms with E-state index in [2.05, 4.69) is 9.47 Å². The van der Waals surface area contributed by atoms with Gasteiger partial charge in [0.25, 0.3) is 0 Å². The second-order valence-electron chi connectivity index (χ2n) is 2.52. The number of nitro benzene ring substituents is 1. The lowest BCUT2D eigenvalue weighted by Crippen LogP contribution is -2.01. The van der Waals surface area contributed by atoms with E-state index >= 15 is 0 Å². The first-order valence-corrected chi connectivity index (χ1v) is 3.77. The van der Waals surface area contributed by atoms with E-state index in [0.717, 1.165) is 14.2 Å². The zero-order valence-electron chi connectivity index (χ0n) is 7.91. The van der Waals surface area contributed by atoms with E-state index in [9.17, 15) is 18.9 Å². The summed E-state index contributed by atoms with van der Waals surface area (Å²) in [6, 6.07) is 0.441. The van der Waals surface area contributed by atoms with Crippen LogP contribution in [0.2, 0.25) is 0 Å². The lowest BCUT2D eigenvalue weighted by atomic mass is 10.2. The SMILES string of the molecule is COc1c(F)cc([N+](=O)[O-])c(F)c1OC. The fourth-order valence-electron chi connectivity index (χ4n) is 1.08. The standard InChI is InChI=1S/C8H7F2NO4/c1-14-7-4(9)3-5(11(12)13)6(10)8(7)15-2/h3H,1-2H3. The Bertz CT molecular complexity index is 408. The Hall–Kier alpha value is -1.92. The van der Waals surface area contributed by atoms with Crippen LogP contribution < -0.4 is 9.47 Å². The van der Waals surface area contributed by atoms with Gasteiger partial charge in [0.2, 0.25) is 11.6 Å². The molecule has 0 N–H and O–H groups in total. The molecular formula is C8H7F2NO4. The lowest BCUT2D eigenvalue weighted by Gasteiger charge is -2.08. The molecule has 0 spiro atoms. The zero-order valence-corrected chi connectivity index (χ0v) is 7.91. The molecule has 0 fully saturated rings. The van der Waals surface area contributed by atoms with Crippen molar-refractivity contribution in [1.29, 1.82) is 0 Å². The van der Waals surface area contributed by atoms with E-state index in [0.29, 0.717) is 6.07 Å². The predicted octanol–water partition coefficient (Wildman–Crippen LogP) is 1.89. The molecule has 0 heterocycles. The number of nitro groups is 1. The Morgan fingerprint density at radius 2 is 1.80 bits per heavy atom. The third-order valence-corrected chi connectivity index (χ3v) is 1.72. The largest absolute Gasteiger partial charge is 0.490 e. The fourth-order valence-corrected chi connectivity index (χ4v) is 1.08. The monoisotopic (exact) mass is 219 g/mol. The molecular weight excluding hydrogens is 212 g/mol. The van der Waals surface area contributed by atoms with Crippen LogP contribution in [-0.2, 0) is 0 Å². The number of benzene rings is 1. The number of ether oxygens (including phenoxy) is 2. The minimum atomic E-state index is -1.26. The fraction of sp³-hybridized carbons (Fsp3) is 0.250. The number of halogens is 2. The Balaban J connectivity index is 3.51. The molecule has 0 unspecified atom stereocenters. The van der Waals surface area contributed by atoms with Gasteiger partial charge in [0, 0.05) is 0 Å². The first-order valence-electron chi connectivity index (χ1n) is 3.77. The summed E-state index contributed by atoms with van der Waals surface area (Å²) in [4.78, 5) is 9.30. The van der Waals surface area contributed by atoms with Crippen LogP contribution in [0.3, 0.4) is 0 Å². The van der Waals surface area contributed by atoms with Crippen molar-refractivity contribution in [3.05, 3.63) is 27.8 Å². The first-order chi connectivity index (χ1) is 7.02. The van der Waals surface area contributed by atoms with Crippen molar-refractivity contribution in [2.45, 2.75) is 0 Å². The normalized spacial score (nSPS) is 9.87. The molecule has 82 valence electrons. The number of rotatable bonds is 3. The molecule has 0 aliphatic carbocycles. The molecule has 0 saturated carbocycles. The topological polar surface area (TPSA) is 61.6 Å². The molecule has 0 bridgehead atoms. The van der Waals surface area contributed by atoms with Gasteiger partial charge in [-0.15, -0.1) is 0 Å². The Morgan fingerprint density at radius 1 is 1.27 bits per heavy atom. The molecule has 5 nitrogen and oxygen atoms in total. The average Bonchev–Trinajstić information content (AvgIpc) is 2.19. The van der Waals surface area contributed by atoms with E-state index in [1.807, 2.05) is 0 Å². The highest BCUT2D eigenvalue weighted by Crippen LogP contribution is 2.37. The molecule has 0 atom stereocenters. The predicted molar refractivity (Wildman–Crippen MR) is 46.1 cm³/mol. The van der Waals surface area contributed by atoms with Crippen LogP contribution in [-0.4, -0.2) is 19.1 Å². The van der Waals surface area contributed by atoms with Gasteiger partial charge in [-0.05, 0) is 0 Å². The van der Waals surface area contributed by atoms with Gasteiger partial charge in [-0.1, -0.05) is 0 Å². The summed E-state index contributed by atoms with van der Waals surface area (Å²) < 4.78 is 35.5. The third kappa shape index (κ3) is 1.80. The number of methoxy groups -OCH3 is 2. The maximum atomic E-state index is 13.3. The Labute approximate surface area is 83.4 Å². The number of hydrogen-bond donors (Lipinski definition) is 0. The quantitative estimate of drug-likeness (QED) is 0.575. The van der Waals surface area contributed by atoms with Crippen LogP contribution in [0.4, 0.5) is 14.5 Å². The van der Waals surface area contributed by atoms with Gasteiger partial charge in [0.1, 0.15) is 0 Å². The first kappa shape index (κ1) is 11.2. The molecule has 0 aliphatic rings. The molecule has 0 saturated heterocycles. The summed E-state index contributed by atoms with van der Waals surface area (Å²) >= 11 is 0. The van der Waals surface area contributed by atoms with Gasteiger partial charge >= 0.3 is 5.69 Å². The minimum Gasteiger partial charge on any atom is -0.490 e. The number of hydrogen-bond acceptors (Lipinski definition) is 4. The van der Waals surface area contributed by atoms with Crippen molar-refractivity contribution >= 4 is 5.69 Å². The van der Waals surface area contributed by atoms with Crippen molar-refractivity contribution in [2.24, 2.45) is 0 Å².